The number of alkyl halides is 3. The van der Waals surface area contributed by atoms with Gasteiger partial charge in [-0.3, -0.25) is 0 Å². The minimum absolute atomic E-state index is 0.366. The second-order valence-electron chi connectivity index (χ2n) is 5.25. The van der Waals surface area contributed by atoms with Crippen molar-refractivity contribution < 1.29 is 0 Å². The van der Waals surface area contributed by atoms with Gasteiger partial charge in [-0.25, -0.2) is 0 Å². The molecule has 0 spiro atoms. The van der Waals surface area contributed by atoms with Crippen LogP contribution in [-0.2, 0) is 0 Å². The molecule has 1 aliphatic heterocycles. The summed E-state index contributed by atoms with van der Waals surface area (Å²) in [5, 5.41) is 0. The Morgan fingerprint density at radius 1 is 0.739 bits per heavy atom. The van der Waals surface area contributed by atoms with Crippen LogP contribution >= 0.6 is 66.7 Å². The van der Waals surface area contributed by atoms with Gasteiger partial charge in [-0.2, -0.15) is 0 Å². The molecule has 3 rings (SSSR count). The number of hydrogen-bond acceptors (Lipinski definition) is 2. The van der Waals surface area contributed by atoms with Crippen molar-refractivity contribution in [1.82, 2.24) is 0 Å². The molecular formula is C16H13Br2Cl3N2. The summed E-state index contributed by atoms with van der Waals surface area (Å²) < 4.78 is 0.614. The van der Waals surface area contributed by atoms with Gasteiger partial charge >= 0.3 is 0 Å². The number of nitrogens with zero attached hydrogens (tertiary/aromatic N) is 2. The first-order valence-corrected chi connectivity index (χ1v) is 9.69. The molecule has 1 aliphatic rings. The van der Waals surface area contributed by atoms with Crippen molar-refractivity contribution in [1.29, 1.82) is 0 Å². The Bertz CT molecular complexity index is 618. The standard InChI is InChI=1S/C16H13Br2Cl3N2/c17-11-1-5-13(6-2-11)22-9-10-23(15(22)16(19,20)21)14-7-3-12(18)4-8-14/h1-8,15H,9-10H2. The third-order valence-corrected chi connectivity index (χ3v) is 5.42. The molecule has 0 radical (unpaired) electrons. The zero-order chi connectivity index (χ0) is 16.6. The van der Waals surface area contributed by atoms with Crippen LogP contribution in [0.4, 0.5) is 11.4 Å². The van der Waals surface area contributed by atoms with E-state index >= 15 is 0 Å². The first kappa shape index (κ1) is 17.7. The van der Waals surface area contributed by atoms with Gasteiger partial charge in [0.1, 0.15) is 0 Å². The van der Waals surface area contributed by atoms with Gasteiger partial charge in [0.15, 0.2) is 6.17 Å². The van der Waals surface area contributed by atoms with E-state index in [0.29, 0.717) is 0 Å². The summed E-state index contributed by atoms with van der Waals surface area (Å²) in [6, 6.07) is 16.1. The van der Waals surface area contributed by atoms with Crippen molar-refractivity contribution in [2.75, 3.05) is 22.9 Å². The lowest BCUT2D eigenvalue weighted by Gasteiger charge is -2.37. The molecule has 1 heterocycles. The van der Waals surface area contributed by atoms with E-state index in [1.165, 1.54) is 0 Å². The third-order valence-electron chi connectivity index (χ3n) is 3.78. The minimum Gasteiger partial charge on any atom is -0.346 e. The lowest BCUT2D eigenvalue weighted by molar-refractivity contribution is 0.681. The summed E-state index contributed by atoms with van der Waals surface area (Å²) in [5.74, 6) is 0. The summed E-state index contributed by atoms with van der Waals surface area (Å²) in [6.07, 6.45) is -0.366. The number of anilines is 2. The van der Waals surface area contributed by atoms with Gasteiger partial charge < -0.3 is 9.80 Å². The van der Waals surface area contributed by atoms with E-state index in [0.717, 1.165) is 33.4 Å². The Balaban J connectivity index is 1.96. The predicted octanol–water partition coefficient (Wildman–Crippen LogP) is 6.23. The Labute approximate surface area is 167 Å². The van der Waals surface area contributed by atoms with Crippen LogP contribution in [0.3, 0.4) is 0 Å². The van der Waals surface area contributed by atoms with Crippen molar-refractivity contribution in [3.8, 4) is 0 Å². The van der Waals surface area contributed by atoms with Crippen molar-refractivity contribution in [2.45, 2.75) is 9.96 Å². The molecule has 2 nitrogen and oxygen atoms in total. The fraction of sp³-hybridized carbons (Fsp3) is 0.250. The highest BCUT2D eigenvalue weighted by atomic mass is 79.9. The summed E-state index contributed by atoms with van der Waals surface area (Å²) in [5.41, 5.74) is 2.06. The quantitative estimate of drug-likeness (QED) is 0.452. The largest absolute Gasteiger partial charge is 0.346 e. The molecule has 122 valence electrons. The number of halogens is 5. The Hall–Kier alpha value is -0.130. The lowest BCUT2D eigenvalue weighted by atomic mass is 10.2. The Kier molecular flexibility index (Phi) is 5.39. The molecule has 0 bridgehead atoms. The molecule has 7 heteroatoms. The SMILES string of the molecule is ClC(Cl)(Cl)C1N(c2ccc(Br)cc2)CCN1c1ccc(Br)cc1. The molecule has 1 fully saturated rings. The lowest BCUT2D eigenvalue weighted by Crippen LogP contribution is -2.48. The Morgan fingerprint density at radius 3 is 1.39 bits per heavy atom. The van der Waals surface area contributed by atoms with Gasteiger partial charge in [-0.05, 0) is 48.5 Å². The van der Waals surface area contributed by atoms with Crippen LogP contribution in [0.2, 0.25) is 0 Å². The summed E-state index contributed by atoms with van der Waals surface area (Å²) >= 11 is 25.9. The molecule has 0 amide bonds. The van der Waals surface area contributed by atoms with E-state index < -0.39 is 3.79 Å². The molecular weight excluding hydrogens is 486 g/mol. The Morgan fingerprint density at radius 2 is 1.09 bits per heavy atom. The smallest absolute Gasteiger partial charge is 0.228 e. The van der Waals surface area contributed by atoms with Crippen molar-refractivity contribution in [3.63, 3.8) is 0 Å². The van der Waals surface area contributed by atoms with E-state index in [-0.39, 0.29) is 6.17 Å². The van der Waals surface area contributed by atoms with Crippen molar-refractivity contribution in [3.05, 3.63) is 57.5 Å². The van der Waals surface area contributed by atoms with E-state index in [9.17, 15) is 0 Å². The van der Waals surface area contributed by atoms with Crippen LogP contribution in [0, 0.1) is 0 Å². The zero-order valence-corrected chi connectivity index (χ0v) is 17.3. The first-order chi connectivity index (χ1) is 10.9. The van der Waals surface area contributed by atoms with Gasteiger partial charge in [0.05, 0.1) is 0 Å². The molecule has 1 saturated heterocycles. The summed E-state index contributed by atoms with van der Waals surface area (Å²) in [7, 11) is 0. The van der Waals surface area contributed by atoms with Crippen LogP contribution in [0.15, 0.2) is 57.5 Å². The van der Waals surface area contributed by atoms with E-state index in [1.54, 1.807) is 0 Å². The third kappa shape index (κ3) is 3.93. The molecule has 0 saturated carbocycles. The van der Waals surface area contributed by atoms with E-state index in [4.69, 9.17) is 34.8 Å². The monoisotopic (exact) mass is 496 g/mol. The van der Waals surface area contributed by atoms with Gasteiger partial charge in [0.25, 0.3) is 0 Å². The highest BCUT2D eigenvalue weighted by Crippen LogP contribution is 2.42. The van der Waals surface area contributed by atoms with Crippen LogP contribution in [-0.4, -0.2) is 23.0 Å². The maximum Gasteiger partial charge on any atom is 0.228 e. The number of rotatable bonds is 2. The van der Waals surface area contributed by atoms with Gasteiger partial charge in [0.2, 0.25) is 3.79 Å². The van der Waals surface area contributed by atoms with Crippen LogP contribution < -0.4 is 9.80 Å². The van der Waals surface area contributed by atoms with E-state index in [1.807, 2.05) is 48.5 Å². The average molecular weight is 499 g/mol. The van der Waals surface area contributed by atoms with Crippen LogP contribution in [0.25, 0.3) is 0 Å². The van der Waals surface area contributed by atoms with Gasteiger partial charge in [0, 0.05) is 33.4 Å². The molecule has 0 aromatic heterocycles. The second-order valence-corrected chi connectivity index (χ2v) is 9.46. The highest BCUT2D eigenvalue weighted by Gasteiger charge is 2.45. The first-order valence-electron chi connectivity index (χ1n) is 6.97. The van der Waals surface area contributed by atoms with Crippen LogP contribution in [0.5, 0.6) is 0 Å². The second kappa shape index (κ2) is 7.01. The van der Waals surface area contributed by atoms with Gasteiger partial charge in [-0.1, -0.05) is 66.7 Å². The van der Waals surface area contributed by atoms with Crippen molar-refractivity contribution in [2.24, 2.45) is 0 Å². The number of benzene rings is 2. The maximum atomic E-state index is 6.32. The molecule has 0 atom stereocenters. The molecule has 2 aromatic carbocycles. The fourth-order valence-corrected chi connectivity index (χ4v) is 4.02. The summed E-state index contributed by atoms with van der Waals surface area (Å²) in [6.45, 7) is 1.58. The highest BCUT2D eigenvalue weighted by molar-refractivity contribution is 9.10. The minimum atomic E-state index is -1.43. The zero-order valence-electron chi connectivity index (χ0n) is 11.9. The molecule has 0 aliphatic carbocycles. The normalized spacial score (nSPS) is 16.2. The number of hydrogen-bond donors (Lipinski definition) is 0. The molecule has 23 heavy (non-hydrogen) atoms. The summed E-state index contributed by atoms with van der Waals surface area (Å²) in [4.78, 5) is 4.25. The average Bonchev–Trinajstić information content (AvgIpc) is 2.94. The predicted molar refractivity (Wildman–Crippen MR) is 107 cm³/mol. The molecule has 0 unspecified atom stereocenters. The molecule has 2 aromatic rings. The topological polar surface area (TPSA) is 6.48 Å². The van der Waals surface area contributed by atoms with Crippen molar-refractivity contribution >= 4 is 78.0 Å². The molecule has 0 N–H and O–H groups in total. The van der Waals surface area contributed by atoms with Gasteiger partial charge in [-0.15, -0.1) is 0 Å². The fourth-order valence-electron chi connectivity index (χ4n) is 2.79. The van der Waals surface area contributed by atoms with E-state index in [2.05, 4.69) is 41.7 Å². The van der Waals surface area contributed by atoms with Crippen LogP contribution in [0.1, 0.15) is 0 Å². The maximum absolute atomic E-state index is 6.32.